The van der Waals surface area contributed by atoms with Crippen LogP contribution < -0.4 is 11.3 Å². The predicted molar refractivity (Wildman–Crippen MR) is 71.0 cm³/mol. The molecule has 0 spiro atoms. The first-order valence-electron chi connectivity index (χ1n) is 5.51. The van der Waals surface area contributed by atoms with Gasteiger partial charge in [0.15, 0.2) is 0 Å². The number of hydrogen-bond acceptors (Lipinski definition) is 3. The molecule has 1 aromatic heterocycles. The highest BCUT2D eigenvalue weighted by Gasteiger charge is 2.10. The van der Waals surface area contributed by atoms with Crippen LogP contribution in [0.25, 0.3) is 11.1 Å². The van der Waals surface area contributed by atoms with E-state index < -0.39 is 0 Å². The molecule has 0 saturated carbocycles. The van der Waals surface area contributed by atoms with E-state index in [-0.39, 0.29) is 11.1 Å². The van der Waals surface area contributed by atoms with E-state index in [1.807, 2.05) is 25.1 Å². The van der Waals surface area contributed by atoms with E-state index >= 15 is 0 Å². The smallest absolute Gasteiger partial charge is 0.268 e. The molecule has 0 amide bonds. The summed E-state index contributed by atoms with van der Waals surface area (Å²) in [7, 11) is 1.67. The number of rotatable bonds is 1. The molecule has 0 radical (unpaired) electrons. The van der Waals surface area contributed by atoms with E-state index in [9.17, 15) is 4.79 Å². The van der Waals surface area contributed by atoms with Gasteiger partial charge < -0.3 is 10.3 Å². The second-order valence-electron chi connectivity index (χ2n) is 4.16. The maximum absolute atomic E-state index is 11.8. The average molecular weight is 239 g/mol. The van der Waals surface area contributed by atoms with Crippen LogP contribution in [-0.2, 0) is 7.05 Å². The van der Waals surface area contributed by atoms with Gasteiger partial charge in [-0.05, 0) is 30.7 Å². The lowest BCUT2D eigenvalue weighted by Gasteiger charge is -2.11. The molecule has 0 atom stereocenters. The molecular formula is C14H13N3O. The topological polar surface area (TPSA) is 71.8 Å². The standard InChI is InChI=1S/C14H13N3O/c1-9-13(10-3-5-12(16)6-4-10)7-11(8-15)14(18)17(9)2/h3-7H,16H2,1-2H3. The minimum Gasteiger partial charge on any atom is -0.399 e. The van der Waals surface area contributed by atoms with E-state index in [0.29, 0.717) is 5.69 Å². The van der Waals surface area contributed by atoms with Gasteiger partial charge >= 0.3 is 0 Å². The van der Waals surface area contributed by atoms with Gasteiger partial charge in [0.05, 0.1) is 0 Å². The fraction of sp³-hybridized carbons (Fsp3) is 0.143. The van der Waals surface area contributed by atoms with Crippen LogP contribution in [0, 0.1) is 18.3 Å². The molecule has 2 rings (SSSR count). The molecule has 0 aliphatic carbocycles. The largest absolute Gasteiger partial charge is 0.399 e. The van der Waals surface area contributed by atoms with Crippen molar-refractivity contribution in [3.05, 3.63) is 51.9 Å². The molecule has 1 aromatic carbocycles. The summed E-state index contributed by atoms with van der Waals surface area (Å²) in [6, 6.07) is 10.9. The normalized spacial score (nSPS) is 10.1. The molecule has 0 bridgehead atoms. The van der Waals surface area contributed by atoms with Crippen LogP contribution in [0.3, 0.4) is 0 Å². The summed E-state index contributed by atoms with van der Waals surface area (Å²) >= 11 is 0. The fourth-order valence-corrected chi connectivity index (χ4v) is 1.86. The Bertz CT molecular complexity index is 691. The van der Waals surface area contributed by atoms with Crippen LogP contribution in [0.5, 0.6) is 0 Å². The molecule has 2 N–H and O–H groups in total. The molecule has 0 aliphatic rings. The lowest BCUT2D eigenvalue weighted by Crippen LogP contribution is -2.22. The minimum atomic E-state index is -0.269. The number of nitrogen functional groups attached to an aromatic ring is 1. The van der Waals surface area contributed by atoms with E-state index in [4.69, 9.17) is 11.0 Å². The van der Waals surface area contributed by atoms with Crippen LogP contribution in [0.15, 0.2) is 35.1 Å². The molecule has 90 valence electrons. The molecule has 0 aliphatic heterocycles. The number of aromatic nitrogens is 1. The molecular weight excluding hydrogens is 226 g/mol. The second kappa shape index (κ2) is 4.38. The Morgan fingerprint density at radius 1 is 1.28 bits per heavy atom. The first-order chi connectivity index (χ1) is 8.54. The summed E-state index contributed by atoms with van der Waals surface area (Å²) in [5.74, 6) is 0. The zero-order valence-electron chi connectivity index (χ0n) is 10.3. The Kier molecular flexibility index (Phi) is 2.90. The number of nitriles is 1. The van der Waals surface area contributed by atoms with Gasteiger partial charge in [0, 0.05) is 24.0 Å². The Labute approximate surface area is 105 Å². The highest BCUT2D eigenvalue weighted by molar-refractivity contribution is 5.69. The van der Waals surface area contributed by atoms with E-state index in [0.717, 1.165) is 16.8 Å². The van der Waals surface area contributed by atoms with E-state index in [1.165, 1.54) is 4.57 Å². The Hall–Kier alpha value is -2.54. The van der Waals surface area contributed by atoms with Crippen molar-refractivity contribution in [3.8, 4) is 17.2 Å². The monoisotopic (exact) mass is 239 g/mol. The molecule has 0 unspecified atom stereocenters. The van der Waals surface area contributed by atoms with E-state index in [1.54, 1.807) is 25.2 Å². The molecule has 4 nitrogen and oxygen atoms in total. The van der Waals surface area contributed by atoms with Gasteiger partial charge in [-0.15, -0.1) is 0 Å². The van der Waals surface area contributed by atoms with Gasteiger partial charge in [0.25, 0.3) is 5.56 Å². The fourth-order valence-electron chi connectivity index (χ4n) is 1.86. The van der Waals surface area contributed by atoms with Crippen molar-refractivity contribution in [2.75, 3.05) is 5.73 Å². The van der Waals surface area contributed by atoms with Gasteiger partial charge in [-0.1, -0.05) is 12.1 Å². The van der Waals surface area contributed by atoms with Crippen LogP contribution in [0.1, 0.15) is 11.3 Å². The summed E-state index contributed by atoms with van der Waals surface area (Å²) in [6.07, 6.45) is 0. The third-order valence-electron chi connectivity index (χ3n) is 3.06. The number of hydrogen-bond donors (Lipinski definition) is 1. The molecule has 2 aromatic rings. The predicted octanol–water partition coefficient (Wildman–Crippen LogP) is 1.81. The third kappa shape index (κ3) is 1.87. The SMILES string of the molecule is Cc1c(-c2ccc(N)cc2)cc(C#N)c(=O)n1C. The third-order valence-corrected chi connectivity index (χ3v) is 3.06. The van der Waals surface area contributed by atoms with Crippen molar-refractivity contribution < 1.29 is 0 Å². The first kappa shape index (κ1) is 11.9. The number of nitrogens with two attached hydrogens (primary N) is 1. The molecule has 0 fully saturated rings. The minimum absolute atomic E-state index is 0.148. The van der Waals surface area contributed by atoms with Crippen molar-refractivity contribution in [2.45, 2.75) is 6.92 Å². The van der Waals surface area contributed by atoms with Crippen LogP contribution in [0.2, 0.25) is 0 Å². The first-order valence-corrected chi connectivity index (χ1v) is 5.51. The van der Waals surface area contributed by atoms with Crippen LogP contribution in [0.4, 0.5) is 5.69 Å². The Morgan fingerprint density at radius 2 is 1.89 bits per heavy atom. The van der Waals surface area contributed by atoms with Crippen molar-refractivity contribution >= 4 is 5.69 Å². The van der Waals surface area contributed by atoms with Crippen LogP contribution in [-0.4, -0.2) is 4.57 Å². The summed E-state index contributed by atoms with van der Waals surface area (Å²) < 4.78 is 1.49. The highest BCUT2D eigenvalue weighted by atomic mass is 16.1. The van der Waals surface area contributed by atoms with Crippen molar-refractivity contribution in [1.82, 2.24) is 4.57 Å². The molecule has 0 saturated heterocycles. The zero-order chi connectivity index (χ0) is 13.3. The van der Waals surface area contributed by atoms with Gasteiger partial charge in [0.2, 0.25) is 0 Å². The molecule has 4 heteroatoms. The van der Waals surface area contributed by atoms with E-state index in [2.05, 4.69) is 0 Å². The molecule has 1 heterocycles. The Morgan fingerprint density at radius 3 is 2.44 bits per heavy atom. The number of benzene rings is 1. The lowest BCUT2D eigenvalue weighted by molar-refractivity contribution is 0.817. The van der Waals surface area contributed by atoms with Crippen molar-refractivity contribution in [2.24, 2.45) is 7.05 Å². The van der Waals surface area contributed by atoms with Crippen molar-refractivity contribution in [1.29, 1.82) is 5.26 Å². The van der Waals surface area contributed by atoms with Gasteiger partial charge in [-0.2, -0.15) is 5.26 Å². The molecule has 18 heavy (non-hydrogen) atoms. The summed E-state index contributed by atoms with van der Waals surface area (Å²) in [4.78, 5) is 11.8. The maximum Gasteiger partial charge on any atom is 0.268 e. The summed E-state index contributed by atoms with van der Waals surface area (Å²) in [6.45, 7) is 1.86. The number of pyridine rings is 1. The second-order valence-corrected chi connectivity index (χ2v) is 4.16. The maximum atomic E-state index is 11.8. The average Bonchev–Trinajstić information content (AvgIpc) is 2.38. The number of anilines is 1. The highest BCUT2D eigenvalue weighted by Crippen LogP contribution is 2.23. The quantitative estimate of drug-likeness (QED) is 0.771. The Balaban J connectivity index is 2.73. The summed E-state index contributed by atoms with van der Waals surface area (Å²) in [5, 5.41) is 8.97. The summed E-state index contributed by atoms with van der Waals surface area (Å²) in [5.41, 5.74) is 8.84. The lowest BCUT2D eigenvalue weighted by atomic mass is 10.0. The van der Waals surface area contributed by atoms with Gasteiger partial charge in [-0.25, -0.2) is 0 Å². The van der Waals surface area contributed by atoms with Crippen molar-refractivity contribution in [3.63, 3.8) is 0 Å². The zero-order valence-corrected chi connectivity index (χ0v) is 10.3. The van der Waals surface area contributed by atoms with Gasteiger partial charge in [0.1, 0.15) is 11.6 Å². The number of nitrogens with zero attached hydrogens (tertiary/aromatic N) is 2. The van der Waals surface area contributed by atoms with Gasteiger partial charge in [-0.3, -0.25) is 4.79 Å². The van der Waals surface area contributed by atoms with Crippen LogP contribution >= 0.6 is 0 Å².